The molecule has 0 atom stereocenters. The van der Waals surface area contributed by atoms with E-state index in [4.69, 9.17) is 5.26 Å². The van der Waals surface area contributed by atoms with E-state index in [2.05, 4.69) is 4.74 Å². The molecule has 0 saturated heterocycles. The van der Waals surface area contributed by atoms with Gasteiger partial charge in [-0.05, 0) is 24.1 Å². The second kappa shape index (κ2) is 3.63. The Hall–Kier alpha value is -1.69. The number of benzene rings is 1. The molecule has 3 nitrogen and oxygen atoms in total. The highest BCUT2D eigenvalue weighted by Gasteiger charge is 1.97. The lowest BCUT2D eigenvalue weighted by molar-refractivity contribution is 0.257. The molecule has 1 rings (SSSR count). The number of ether oxygens (including phenoxy) is 1. The molecule has 0 spiro atoms. The SMILES string of the molecule is Cc1ccc(COC#N)cc1O. The van der Waals surface area contributed by atoms with E-state index in [9.17, 15) is 5.11 Å². The van der Waals surface area contributed by atoms with Crippen LogP contribution in [0.15, 0.2) is 18.2 Å². The van der Waals surface area contributed by atoms with Gasteiger partial charge in [0.05, 0.1) is 0 Å². The summed E-state index contributed by atoms with van der Waals surface area (Å²) in [6.45, 7) is 2.02. The predicted molar refractivity (Wildman–Crippen MR) is 43.2 cm³/mol. The van der Waals surface area contributed by atoms with Crippen LogP contribution in [0.5, 0.6) is 5.75 Å². The minimum absolute atomic E-state index is 0.213. The number of aryl methyl sites for hydroxylation is 1. The Bertz CT molecular complexity index is 315. The molecule has 0 radical (unpaired) electrons. The predicted octanol–water partition coefficient (Wildman–Crippen LogP) is 1.70. The number of aromatic hydroxyl groups is 1. The molecule has 0 heterocycles. The van der Waals surface area contributed by atoms with Crippen LogP contribution in [0.1, 0.15) is 11.1 Å². The molecule has 0 amide bonds. The number of nitriles is 1. The zero-order valence-corrected chi connectivity index (χ0v) is 6.74. The van der Waals surface area contributed by atoms with Gasteiger partial charge in [-0.2, -0.15) is 5.26 Å². The van der Waals surface area contributed by atoms with Crippen molar-refractivity contribution in [2.75, 3.05) is 0 Å². The Labute approximate surface area is 70.8 Å². The molecular formula is C9H9NO2. The van der Waals surface area contributed by atoms with Gasteiger partial charge in [-0.1, -0.05) is 12.1 Å². The first-order valence-corrected chi connectivity index (χ1v) is 3.53. The summed E-state index contributed by atoms with van der Waals surface area (Å²) in [4.78, 5) is 0. The van der Waals surface area contributed by atoms with Crippen molar-refractivity contribution < 1.29 is 9.84 Å². The van der Waals surface area contributed by atoms with E-state index in [1.165, 1.54) is 0 Å². The van der Waals surface area contributed by atoms with E-state index in [0.29, 0.717) is 0 Å². The van der Waals surface area contributed by atoms with E-state index in [0.717, 1.165) is 11.1 Å². The van der Waals surface area contributed by atoms with Gasteiger partial charge in [0.2, 0.25) is 0 Å². The van der Waals surface area contributed by atoms with Crippen molar-refractivity contribution in [1.82, 2.24) is 0 Å². The third kappa shape index (κ3) is 1.89. The normalized spacial score (nSPS) is 9.00. The summed E-state index contributed by atoms with van der Waals surface area (Å²) in [7, 11) is 0. The molecule has 0 saturated carbocycles. The molecule has 1 aromatic carbocycles. The standard InChI is InChI=1S/C9H9NO2/c1-7-2-3-8(4-9(7)11)5-12-6-10/h2-4,11H,5H2,1H3. The molecule has 0 aliphatic rings. The fourth-order valence-corrected chi connectivity index (χ4v) is 0.860. The maximum absolute atomic E-state index is 9.26. The van der Waals surface area contributed by atoms with Crippen molar-refractivity contribution in [2.45, 2.75) is 13.5 Å². The molecule has 0 unspecified atom stereocenters. The average Bonchev–Trinajstić information content (AvgIpc) is 2.07. The van der Waals surface area contributed by atoms with Gasteiger partial charge in [0.25, 0.3) is 6.26 Å². The van der Waals surface area contributed by atoms with E-state index in [-0.39, 0.29) is 12.4 Å². The van der Waals surface area contributed by atoms with Crippen LogP contribution in [0.4, 0.5) is 0 Å². The molecule has 0 bridgehead atoms. The Morgan fingerprint density at radius 2 is 2.33 bits per heavy atom. The van der Waals surface area contributed by atoms with E-state index < -0.39 is 0 Å². The van der Waals surface area contributed by atoms with Crippen LogP contribution >= 0.6 is 0 Å². The molecule has 1 aromatic rings. The lowest BCUT2D eigenvalue weighted by atomic mass is 10.1. The third-order valence-corrected chi connectivity index (χ3v) is 1.58. The molecule has 12 heavy (non-hydrogen) atoms. The summed E-state index contributed by atoms with van der Waals surface area (Å²) >= 11 is 0. The first-order valence-electron chi connectivity index (χ1n) is 3.53. The summed E-state index contributed by atoms with van der Waals surface area (Å²) in [6, 6.07) is 5.18. The van der Waals surface area contributed by atoms with Crippen molar-refractivity contribution >= 4 is 0 Å². The fourth-order valence-electron chi connectivity index (χ4n) is 0.860. The van der Waals surface area contributed by atoms with Crippen LogP contribution in [0.25, 0.3) is 0 Å². The van der Waals surface area contributed by atoms with Crippen molar-refractivity contribution in [2.24, 2.45) is 0 Å². The largest absolute Gasteiger partial charge is 0.508 e. The summed E-state index contributed by atoms with van der Waals surface area (Å²) < 4.78 is 4.51. The van der Waals surface area contributed by atoms with Crippen molar-refractivity contribution in [3.8, 4) is 12.0 Å². The second-order valence-electron chi connectivity index (χ2n) is 2.50. The number of rotatable bonds is 2. The zero-order chi connectivity index (χ0) is 8.97. The summed E-state index contributed by atoms with van der Waals surface area (Å²) in [5.41, 5.74) is 1.61. The Balaban J connectivity index is 2.77. The smallest absolute Gasteiger partial charge is 0.286 e. The van der Waals surface area contributed by atoms with Gasteiger partial charge in [-0.15, -0.1) is 0 Å². The van der Waals surface area contributed by atoms with E-state index >= 15 is 0 Å². The lowest BCUT2D eigenvalue weighted by Gasteiger charge is -2.01. The number of hydrogen-bond donors (Lipinski definition) is 1. The maximum atomic E-state index is 9.26. The zero-order valence-electron chi connectivity index (χ0n) is 6.74. The Morgan fingerprint density at radius 3 is 2.92 bits per heavy atom. The monoisotopic (exact) mass is 163 g/mol. The highest BCUT2D eigenvalue weighted by atomic mass is 16.5. The number of phenolic OH excluding ortho intramolecular Hbond substituents is 1. The second-order valence-corrected chi connectivity index (χ2v) is 2.50. The van der Waals surface area contributed by atoms with Crippen LogP contribution in [-0.4, -0.2) is 5.11 Å². The van der Waals surface area contributed by atoms with Gasteiger partial charge in [0.15, 0.2) is 0 Å². The van der Waals surface area contributed by atoms with Gasteiger partial charge in [-0.3, -0.25) is 0 Å². The molecule has 0 aromatic heterocycles. The first kappa shape index (κ1) is 8.41. The summed E-state index contributed by atoms with van der Waals surface area (Å²) in [5, 5.41) is 17.4. The minimum Gasteiger partial charge on any atom is -0.508 e. The molecule has 0 aliphatic carbocycles. The van der Waals surface area contributed by atoms with Crippen molar-refractivity contribution in [3.05, 3.63) is 29.3 Å². The van der Waals surface area contributed by atoms with Crippen LogP contribution in [-0.2, 0) is 11.3 Å². The maximum Gasteiger partial charge on any atom is 0.286 e. The lowest BCUT2D eigenvalue weighted by Crippen LogP contribution is -1.86. The van der Waals surface area contributed by atoms with Gasteiger partial charge >= 0.3 is 0 Å². The van der Waals surface area contributed by atoms with Crippen LogP contribution < -0.4 is 0 Å². The summed E-state index contributed by atoms with van der Waals surface area (Å²) in [6.07, 6.45) is 1.57. The van der Waals surface area contributed by atoms with Crippen LogP contribution in [0, 0.1) is 18.4 Å². The Morgan fingerprint density at radius 1 is 1.58 bits per heavy atom. The van der Waals surface area contributed by atoms with Crippen LogP contribution in [0.2, 0.25) is 0 Å². The molecule has 62 valence electrons. The highest BCUT2D eigenvalue weighted by Crippen LogP contribution is 2.17. The molecule has 0 aliphatic heterocycles. The third-order valence-electron chi connectivity index (χ3n) is 1.58. The number of hydrogen-bond acceptors (Lipinski definition) is 3. The van der Waals surface area contributed by atoms with E-state index in [1.54, 1.807) is 18.4 Å². The molecular weight excluding hydrogens is 154 g/mol. The fraction of sp³-hybridized carbons (Fsp3) is 0.222. The van der Waals surface area contributed by atoms with Gasteiger partial charge in [0.1, 0.15) is 12.4 Å². The van der Waals surface area contributed by atoms with Gasteiger partial charge in [-0.25, -0.2) is 0 Å². The molecule has 0 fully saturated rings. The topological polar surface area (TPSA) is 53.2 Å². The van der Waals surface area contributed by atoms with Gasteiger partial charge < -0.3 is 9.84 Å². The Kier molecular flexibility index (Phi) is 2.54. The van der Waals surface area contributed by atoms with Crippen LogP contribution in [0.3, 0.4) is 0 Å². The number of nitrogens with zero attached hydrogens (tertiary/aromatic N) is 1. The average molecular weight is 163 g/mol. The number of phenols is 1. The van der Waals surface area contributed by atoms with Gasteiger partial charge in [0, 0.05) is 0 Å². The van der Waals surface area contributed by atoms with Crippen molar-refractivity contribution in [1.29, 1.82) is 5.26 Å². The minimum atomic E-state index is 0.213. The quantitative estimate of drug-likeness (QED) is 0.675. The first-order chi connectivity index (χ1) is 5.74. The molecule has 1 N–H and O–H groups in total. The van der Waals surface area contributed by atoms with Crippen molar-refractivity contribution in [3.63, 3.8) is 0 Å². The molecule has 3 heteroatoms. The highest BCUT2D eigenvalue weighted by molar-refractivity contribution is 5.34. The van der Waals surface area contributed by atoms with E-state index in [1.807, 2.05) is 13.0 Å². The summed E-state index contributed by atoms with van der Waals surface area (Å²) in [5.74, 6) is 0.231.